The lowest BCUT2D eigenvalue weighted by Crippen LogP contribution is -2.36. The summed E-state index contributed by atoms with van der Waals surface area (Å²) in [4.78, 5) is 17.7. The number of nitrogens with zero attached hydrogens (tertiary/aromatic N) is 2. The number of hydrogen-bond acceptors (Lipinski definition) is 6. The monoisotopic (exact) mass is 259 g/mol. The highest BCUT2D eigenvalue weighted by Gasteiger charge is 2.17. The predicted molar refractivity (Wildman–Crippen MR) is 64.9 cm³/mol. The van der Waals surface area contributed by atoms with E-state index >= 15 is 0 Å². The van der Waals surface area contributed by atoms with Crippen molar-refractivity contribution in [2.75, 3.05) is 33.4 Å². The standard InChI is InChI=1S/C10H17N3O3S/c1-16-5-3-13(2-4-14)10(15)8-7-17-9(6-11)12-8/h7,14H,2-6,11H2,1H3. The van der Waals surface area contributed by atoms with E-state index in [1.807, 2.05) is 0 Å². The van der Waals surface area contributed by atoms with Crippen LogP contribution in [0.3, 0.4) is 0 Å². The van der Waals surface area contributed by atoms with Crippen LogP contribution in [0.15, 0.2) is 5.38 Å². The van der Waals surface area contributed by atoms with Crippen LogP contribution in [0.1, 0.15) is 15.5 Å². The number of rotatable bonds is 7. The van der Waals surface area contributed by atoms with Gasteiger partial charge >= 0.3 is 0 Å². The van der Waals surface area contributed by atoms with Crippen molar-refractivity contribution in [3.63, 3.8) is 0 Å². The fraction of sp³-hybridized carbons (Fsp3) is 0.600. The Balaban J connectivity index is 2.68. The molecule has 1 amide bonds. The van der Waals surface area contributed by atoms with Crippen molar-refractivity contribution in [3.05, 3.63) is 16.1 Å². The molecule has 0 fully saturated rings. The van der Waals surface area contributed by atoms with Crippen LogP contribution in [0.2, 0.25) is 0 Å². The molecule has 7 heteroatoms. The second kappa shape index (κ2) is 7.33. The van der Waals surface area contributed by atoms with Gasteiger partial charge in [-0.15, -0.1) is 11.3 Å². The minimum absolute atomic E-state index is 0.0800. The van der Waals surface area contributed by atoms with Crippen LogP contribution in [0.4, 0.5) is 0 Å². The third kappa shape index (κ3) is 4.04. The normalized spacial score (nSPS) is 10.5. The van der Waals surface area contributed by atoms with Crippen LogP contribution in [0.25, 0.3) is 0 Å². The van der Waals surface area contributed by atoms with Gasteiger partial charge in [0.1, 0.15) is 10.7 Å². The molecule has 0 aromatic carbocycles. The van der Waals surface area contributed by atoms with Crippen LogP contribution < -0.4 is 5.73 Å². The average molecular weight is 259 g/mol. The van der Waals surface area contributed by atoms with Crippen molar-refractivity contribution < 1.29 is 14.6 Å². The Morgan fingerprint density at radius 2 is 2.41 bits per heavy atom. The molecule has 96 valence electrons. The number of carbonyl (C=O) groups is 1. The molecule has 3 N–H and O–H groups in total. The number of amides is 1. The van der Waals surface area contributed by atoms with Crippen LogP contribution >= 0.6 is 11.3 Å². The maximum atomic E-state index is 12.0. The summed E-state index contributed by atoms with van der Waals surface area (Å²) in [6, 6.07) is 0. The third-order valence-corrected chi connectivity index (χ3v) is 3.04. The van der Waals surface area contributed by atoms with Crippen LogP contribution in [0.5, 0.6) is 0 Å². The zero-order chi connectivity index (χ0) is 12.7. The largest absolute Gasteiger partial charge is 0.395 e. The second-order valence-electron chi connectivity index (χ2n) is 3.34. The van der Waals surface area contributed by atoms with Gasteiger partial charge in [0.05, 0.1) is 13.2 Å². The lowest BCUT2D eigenvalue weighted by atomic mass is 10.3. The quantitative estimate of drug-likeness (QED) is 0.701. The Morgan fingerprint density at radius 1 is 1.65 bits per heavy atom. The summed E-state index contributed by atoms with van der Waals surface area (Å²) in [5.41, 5.74) is 5.82. The molecule has 0 unspecified atom stereocenters. The van der Waals surface area contributed by atoms with Crippen LogP contribution in [-0.2, 0) is 11.3 Å². The van der Waals surface area contributed by atoms with Gasteiger partial charge in [-0.2, -0.15) is 0 Å². The Kier molecular flexibility index (Phi) is 6.06. The van der Waals surface area contributed by atoms with Crippen molar-refractivity contribution in [3.8, 4) is 0 Å². The molecule has 0 aliphatic heterocycles. The van der Waals surface area contributed by atoms with E-state index in [-0.39, 0.29) is 19.1 Å². The predicted octanol–water partition coefficient (Wildman–Crippen LogP) is -0.317. The summed E-state index contributed by atoms with van der Waals surface area (Å²) in [6.07, 6.45) is 0. The van der Waals surface area contributed by atoms with Crippen molar-refractivity contribution in [1.82, 2.24) is 9.88 Å². The molecule has 1 aromatic rings. The van der Waals surface area contributed by atoms with E-state index in [9.17, 15) is 4.79 Å². The van der Waals surface area contributed by atoms with Gasteiger partial charge in [0.2, 0.25) is 0 Å². The molecule has 6 nitrogen and oxygen atoms in total. The van der Waals surface area contributed by atoms with Gasteiger partial charge in [-0.25, -0.2) is 4.98 Å². The topological polar surface area (TPSA) is 88.7 Å². The molecule has 0 saturated carbocycles. The number of carbonyl (C=O) groups excluding carboxylic acids is 1. The van der Waals surface area contributed by atoms with E-state index in [0.29, 0.717) is 25.4 Å². The maximum absolute atomic E-state index is 12.0. The molecule has 1 rings (SSSR count). The highest BCUT2D eigenvalue weighted by Crippen LogP contribution is 2.11. The molecular weight excluding hydrogens is 242 g/mol. The fourth-order valence-corrected chi connectivity index (χ4v) is 1.95. The number of aliphatic hydroxyl groups excluding tert-OH is 1. The molecule has 1 aromatic heterocycles. The number of ether oxygens (including phenoxy) is 1. The number of hydrogen-bond donors (Lipinski definition) is 2. The number of nitrogens with two attached hydrogens (primary N) is 1. The summed E-state index contributed by atoms with van der Waals surface area (Å²) in [6.45, 7) is 1.39. The summed E-state index contributed by atoms with van der Waals surface area (Å²) >= 11 is 1.36. The minimum atomic E-state index is -0.202. The minimum Gasteiger partial charge on any atom is -0.395 e. The zero-order valence-electron chi connectivity index (χ0n) is 9.76. The van der Waals surface area contributed by atoms with Gasteiger partial charge in [-0.05, 0) is 0 Å². The van der Waals surface area contributed by atoms with Gasteiger partial charge in [0.25, 0.3) is 5.91 Å². The van der Waals surface area contributed by atoms with Crippen LogP contribution in [0, 0.1) is 0 Å². The maximum Gasteiger partial charge on any atom is 0.273 e. The van der Waals surface area contributed by atoms with Crippen molar-refractivity contribution >= 4 is 17.2 Å². The summed E-state index contributed by atoms with van der Waals surface area (Å²) < 4.78 is 4.92. The molecule has 0 aliphatic carbocycles. The molecule has 0 radical (unpaired) electrons. The first-order chi connectivity index (χ1) is 8.22. The lowest BCUT2D eigenvalue weighted by molar-refractivity contribution is 0.0651. The fourth-order valence-electron chi connectivity index (χ4n) is 1.30. The SMILES string of the molecule is COCCN(CCO)C(=O)c1csc(CN)n1. The van der Waals surface area contributed by atoms with E-state index in [0.717, 1.165) is 5.01 Å². The molecular formula is C10H17N3O3S. The van der Waals surface area contributed by atoms with Crippen LogP contribution in [-0.4, -0.2) is 54.3 Å². The summed E-state index contributed by atoms with van der Waals surface area (Å²) in [7, 11) is 1.57. The summed E-state index contributed by atoms with van der Waals surface area (Å²) in [5, 5.41) is 11.3. The number of aromatic nitrogens is 1. The molecule has 0 atom stereocenters. The smallest absolute Gasteiger partial charge is 0.273 e. The average Bonchev–Trinajstić information content (AvgIpc) is 2.82. The highest BCUT2D eigenvalue weighted by atomic mass is 32.1. The number of methoxy groups -OCH3 is 1. The third-order valence-electron chi connectivity index (χ3n) is 2.17. The molecule has 0 spiro atoms. The first-order valence-electron chi connectivity index (χ1n) is 5.26. The van der Waals surface area contributed by atoms with E-state index in [1.165, 1.54) is 16.2 Å². The van der Waals surface area contributed by atoms with Gasteiger partial charge in [0.15, 0.2) is 0 Å². The van der Waals surface area contributed by atoms with E-state index in [2.05, 4.69) is 4.98 Å². The lowest BCUT2D eigenvalue weighted by Gasteiger charge is -2.20. The van der Waals surface area contributed by atoms with Gasteiger partial charge in [-0.1, -0.05) is 0 Å². The van der Waals surface area contributed by atoms with E-state index < -0.39 is 0 Å². The van der Waals surface area contributed by atoms with Crippen molar-refractivity contribution in [2.24, 2.45) is 5.73 Å². The van der Waals surface area contributed by atoms with Gasteiger partial charge in [-0.3, -0.25) is 4.79 Å². The highest BCUT2D eigenvalue weighted by molar-refractivity contribution is 7.09. The summed E-state index contributed by atoms with van der Waals surface area (Å²) in [5.74, 6) is -0.202. The van der Waals surface area contributed by atoms with Gasteiger partial charge < -0.3 is 20.5 Å². The number of thiazole rings is 1. The van der Waals surface area contributed by atoms with Gasteiger partial charge in [0, 0.05) is 32.1 Å². The van der Waals surface area contributed by atoms with Crippen molar-refractivity contribution in [2.45, 2.75) is 6.54 Å². The molecule has 1 heterocycles. The molecule has 0 aliphatic rings. The second-order valence-corrected chi connectivity index (χ2v) is 4.28. The number of aliphatic hydroxyl groups is 1. The first kappa shape index (κ1) is 14.0. The Hall–Kier alpha value is -1.02. The molecule has 0 bridgehead atoms. The van der Waals surface area contributed by atoms with Crippen molar-refractivity contribution in [1.29, 1.82) is 0 Å². The molecule has 0 saturated heterocycles. The van der Waals surface area contributed by atoms with E-state index in [4.69, 9.17) is 15.6 Å². The van der Waals surface area contributed by atoms with E-state index in [1.54, 1.807) is 12.5 Å². The molecule has 17 heavy (non-hydrogen) atoms. The zero-order valence-corrected chi connectivity index (χ0v) is 10.6. The Bertz CT molecular complexity index is 356. The first-order valence-corrected chi connectivity index (χ1v) is 6.14. The Labute approximate surface area is 104 Å². The Morgan fingerprint density at radius 3 is 2.94 bits per heavy atom.